The third-order valence-corrected chi connectivity index (χ3v) is 4.16. The first kappa shape index (κ1) is 19.9. The van der Waals surface area contributed by atoms with Crippen molar-refractivity contribution in [3.05, 3.63) is 35.6 Å². The molecule has 1 heterocycles. The van der Waals surface area contributed by atoms with Crippen molar-refractivity contribution in [1.82, 2.24) is 15.5 Å². The van der Waals surface area contributed by atoms with Crippen LogP contribution < -0.4 is 10.6 Å². The fourth-order valence-electron chi connectivity index (χ4n) is 2.94. The normalized spacial score (nSPS) is 18.5. The Labute approximate surface area is 144 Å². The van der Waals surface area contributed by atoms with E-state index in [0.717, 1.165) is 38.0 Å². The molecule has 0 aromatic heterocycles. The summed E-state index contributed by atoms with van der Waals surface area (Å²) < 4.78 is 12.9. The Morgan fingerprint density at radius 3 is 2.70 bits per heavy atom. The molecule has 6 heteroatoms. The van der Waals surface area contributed by atoms with Crippen LogP contribution >= 0.6 is 12.4 Å². The number of rotatable bonds is 7. The van der Waals surface area contributed by atoms with Crippen LogP contribution in [0.1, 0.15) is 38.3 Å². The number of benzene rings is 1. The molecule has 1 aromatic rings. The lowest BCUT2D eigenvalue weighted by molar-refractivity contribution is -0.123. The van der Waals surface area contributed by atoms with E-state index in [2.05, 4.69) is 22.5 Å². The van der Waals surface area contributed by atoms with Gasteiger partial charge in [0.25, 0.3) is 0 Å². The van der Waals surface area contributed by atoms with Crippen molar-refractivity contribution >= 4 is 18.3 Å². The van der Waals surface area contributed by atoms with Crippen LogP contribution in [0.2, 0.25) is 0 Å². The summed E-state index contributed by atoms with van der Waals surface area (Å²) in [5.74, 6) is -0.234. The van der Waals surface area contributed by atoms with E-state index in [1.54, 1.807) is 12.1 Å². The van der Waals surface area contributed by atoms with E-state index < -0.39 is 0 Å². The van der Waals surface area contributed by atoms with Gasteiger partial charge in [0, 0.05) is 12.6 Å². The Bertz CT molecular complexity index is 477. The van der Waals surface area contributed by atoms with E-state index in [1.165, 1.54) is 12.1 Å². The summed E-state index contributed by atoms with van der Waals surface area (Å²) in [6.45, 7) is 7.40. The lowest BCUT2D eigenvalue weighted by Gasteiger charge is -2.28. The Balaban J connectivity index is 0.00000264. The minimum atomic E-state index is -0.259. The SMILES string of the molecule is CCCN(CC(=O)NC(C)c1ccc(F)cc1)C1CCNC1.Cl. The molecule has 130 valence electrons. The molecule has 4 nitrogen and oxygen atoms in total. The Morgan fingerprint density at radius 2 is 2.13 bits per heavy atom. The quantitative estimate of drug-likeness (QED) is 0.799. The lowest BCUT2D eigenvalue weighted by Crippen LogP contribution is -2.44. The topological polar surface area (TPSA) is 44.4 Å². The van der Waals surface area contributed by atoms with Crippen LogP contribution in [0.5, 0.6) is 0 Å². The standard InChI is InChI=1S/C17H26FN3O.ClH/c1-3-10-21(16-8-9-19-11-16)12-17(22)20-13(2)14-4-6-15(18)7-5-14;/h4-7,13,16,19H,3,8-12H2,1-2H3,(H,20,22);1H. The predicted octanol–water partition coefficient (Wildman–Crippen LogP) is 2.50. The number of amides is 1. The Kier molecular flexibility index (Phi) is 8.52. The highest BCUT2D eigenvalue weighted by Gasteiger charge is 2.23. The second-order valence-corrected chi connectivity index (χ2v) is 5.96. The molecular weight excluding hydrogens is 317 g/mol. The van der Waals surface area contributed by atoms with Gasteiger partial charge in [-0.2, -0.15) is 0 Å². The maximum atomic E-state index is 12.9. The number of carbonyl (C=O) groups excluding carboxylic acids is 1. The fourth-order valence-corrected chi connectivity index (χ4v) is 2.94. The molecule has 0 aliphatic carbocycles. The largest absolute Gasteiger partial charge is 0.348 e. The molecule has 1 aromatic carbocycles. The van der Waals surface area contributed by atoms with Gasteiger partial charge < -0.3 is 10.6 Å². The third-order valence-electron chi connectivity index (χ3n) is 4.16. The number of hydrogen-bond acceptors (Lipinski definition) is 3. The summed E-state index contributed by atoms with van der Waals surface area (Å²) in [7, 11) is 0. The maximum absolute atomic E-state index is 12.9. The molecule has 0 spiro atoms. The molecule has 2 unspecified atom stereocenters. The monoisotopic (exact) mass is 343 g/mol. The Hall–Kier alpha value is -1.17. The van der Waals surface area contributed by atoms with E-state index in [-0.39, 0.29) is 30.2 Å². The zero-order valence-corrected chi connectivity index (χ0v) is 14.7. The van der Waals surface area contributed by atoms with Crippen molar-refractivity contribution in [3.8, 4) is 0 Å². The van der Waals surface area contributed by atoms with Crippen LogP contribution in [0.4, 0.5) is 4.39 Å². The van der Waals surface area contributed by atoms with Crippen LogP contribution in [-0.4, -0.2) is 43.0 Å². The molecule has 1 amide bonds. The summed E-state index contributed by atoms with van der Waals surface area (Å²) >= 11 is 0. The van der Waals surface area contributed by atoms with Gasteiger partial charge in [-0.05, 0) is 50.6 Å². The molecule has 0 bridgehead atoms. The van der Waals surface area contributed by atoms with Crippen molar-refractivity contribution in [2.24, 2.45) is 0 Å². The summed E-state index contributed by atoms with van der Waals surface area (Å²) in [4.78, 5) is 14.5. The highest BCUT2D eigenvalue weighted by Crippen LogP contribution is 2.13. The van der Waals surface area contributed by atoms with Crippen molar-refractivity contribution in [2.45, 2.75) is 38.8 Å². The van der Waals surface area contributed by atoms with Gasteiger partial charge in [-0.1, -0.05) is 19.1 Å². The molecule has 1 aliphatic heterocycles. The number of nitrogens with zero attached hydrogens (tertiary/aromatic N) is 1. The fraction of sp³-hybridized carbons (Fsp3) is 0.588. The van der Waals surface area contributed by atoms with Gasteiger partial charge in [-0.25, -0.2) is 4.39 Å². The first-order valence-electron chi connectivity index (χ1n) is 8.09. The minimum absolute atomic E-state index is 0. The van der Waals surface area contributed by atoms with Crippen LogP contribution in [0.25, 0.3) is 0 Å². The molecule has 2 atom stereocenters. The average Bonchev–Trinajstić information content (AvgIpc) is 3.01. The van der Waals surface area contributed by atoms with Crippen LogP contribution in [0.3, 0.4) is 0 Å². The average molecular weight is 344 g/mol. The van der Waals surface area contributed by atoms with Crippen LogP contribution in [-0.2, 0) is 4.79 Å². The van der Waals surface area contributed by atoms with E-state index in [4.69, 9.17) is 0 Å². The zero-order chi connectivity index (χ0) is 15.9. The molecule has 2 rings (SSSR count). The van der Waals surface area contributed by atoms with Crippen molar-refractivity contribution in [3.63, 3.8) is 0 Å². The molecule has 2 N–H and O–H groups in total. The zero-order valence-electron chi connectivity index (χ0n) is 13.8. The molecule has 0 saturated carbocycles. The first-order chi connectivity index (χ1) is 10.6. The summed E-state index contributed by atoms with van der Waals surface area (Å²) in [5.41, 5.74) is 0.916. The number of hydrogen-bond donors (Lipinski definition) is 2. The van der Waals surface area contributed by atoms with E-state index >= 15 is 0 Å². The maximum Gasteiger partial charge on any atom is 0.234 e. The molecule has 0 radical (unpaired) electrons. The van der Waals surface area contributed by atoms with Crippen LogP contribution in [0, 0.1) is 5.82 Å². The smallest absolute Gasteiger partial charge is 0.234 e. The Morgan fingerprint density at radius 1 is 1.43 bits per heavy atom. The van der Waals surface area contributed by atoms with E-state index in [1.807, 2.05) is 6.92 Å². The minimum Gasteiger partial charge on any atom is -0.348 e. The van der Waals surface area contributed by atoms with Gasteiger partial charge in [0.05, 0.1) is 12.6 Å². The van der Waals surface area contributed by atoms with Gasteiger partial charge in [0.15, 0.2) is 0 Å². The van der Waals surface area contributed by atoms with Crippen LogP contribution in [0.15, 0.2) is 24.3 Å². The van der Waals surface area contributed by atoms with Gasteiger partial charge in [0.1, 0.15) is 5.82 Å². The summed E-state index contributed by atoms with van der Waals surface area (Å²) in [6.07, 6.45) is 2.14. The molecule has 1 aliphatic rings. The van der Waals surface area contributed by atoms with Gasteiger partial charge in [0.2, 0.25) is 5.91 Å². The molecule has 1 saturated heterocycles. The van der Waals surface area contributed by atoms with E-state index in [0.29, 0.717) is 12.6 Å². The molecule has 1 fully saturated rings. The third kappa shape index (κ3) is 6.09. The number of carbonyl (C=O) groups is 1. The first-order valence-corrected chi connectivity index (χ1v) is 8.09. The molecule has 23 heavy (non-hydrogen) atoms. The lowest BCUT2D eigenvalue weighted by atomic mass is 10.1. The number of nitrogens with one attached hydrogen (secondary N) is 2. The van der Waals surface area contributed by atoms with Crippen molar-refractivity contribution in [1.29, 1.82) is 0 Å². The molecular formula is C17H27ClFN3O. The van der Waals surface area contributed by atoms with Gasteiger partial charge in [-0.3, -0.25) is 9.69 Å². The highest BCUT2D eigenvalue weighted by atomic mass is 35.5. The highest BCUT2D eigenvalue weighted by molar-refractivity contribution is 5.85. The van der Waals surface area contributed by atoms with Crippen molar-refractivity contribution < 1.29 is 9.18 Å². The second-order valence-electron chi connectivity index (χ2n) is 5.96. The van der Waals surface area contributed by atoms with E-state index in [9.17, 15) is 9.18 Å². The second kappa shape index (κ2) is 9.85. The van der Waals surface area contributed by atoms with Gasteiger partial charge >= 0.3 is 0 Å². The number of halogens is 2. The van der Waals surface area contributed by atoms with Gasteiger partial charge in [-0.15, -0.1) is 12.4 Å². The summed E-state index contributed by atoms with van der Waals surface area (Å²) in [6, 6.07) is 6.61. The predicted molar refractivity (Wildman–Crippen MR) is 93.3 cm³/mol. The summed E-state index contributed by atoms with van der Waals surface area (Å²) in [5, 5.41) is 6.35. The van der Waals surface area contributed by atoms with Crippen molar-refractivity contribution in [2.75, 3.05) is 26.2 Å².